The van der Waals surface area contributed by atoms with Crippen molar-refractivity contribution >= 4 is 40.3 Å². The molecule has 0 atom stereocenters. The molecule has 0 unspecified atom stereocenters. The number of fused-ring (bicyclic) bond motifs is 1. The van der Waals surface area contributed by atoms with Gasteiger partial charge >= 0.3 is 5.69 Å². The van der Waals surface area contributed by atoms with Gasteiger partial charge in [0.2, 0.25) is 5.95 Å². The third kappa shape index (κ3) is 4.56. The molecule has 0 radical (unpaired) electrons. The maximum atomic E-state index is 12.6. The SMILES string of the molecule is CCOCCn1c(N2CCN(Cc3ccc(Cl)cc3Cl)CC2)nc2c1c(=O)[nH]c(=O)n2C. The number of ether oxygens (including phenoxy) is 1. The largest absolute Gasteiger partial charge is 0.380 e. The number of H-pyrrole nitrogens is 1. The Morgan fingerprint density at radius 1 is 1.16 bits per heavy atom. The van der Waals surface area contributed by atoms with Crippen molar-refractivity contribution in [3.8, 4) is 0 Å². The molecule has 1 aromatic carbocycles. The number of halogens is 2. The molecule has 0 aliphatic carbocycles. The van der Waals surface area contributed by atoms with Gasteiger partial charge in [-0.2, -0.15) is 4.98 Å². The van der Waals surface area contributed by atoms with E-state index in [1.54, 1.807) is 13.1 Å². The molecule has 11 heteroatoms. The minimum Gasteiger partial charge on any atom is -0.380 e. The highest BCUT2D eigenvalue weighted by molar-refractivity contribution is 6.35. The van der Waals surface area contributed by atoms with Gasteiger partial charge in [0.05, 0.1) is 6.61 Å². The first kappa shape index (κ1) is 22.8. The Hall–Kier alpha value is -2.33. The van der Waals surface area contributed by atoms with E-state index in [9.17, 15) is 9.59 Å². The normalized spacial score (nSPS) is 15.1. The number of aromatic amines is 1. The van der Waals surface area contributed by atoms with Crippen LogP contribution in [0.15, 0.2) is 27.8 Å². The van der Waals surface area contributed by atoms with Gasteiger partial charge in [0, 0.05) is 63.0 Å². The second-order valence-corrected chi connectivity index (χ2v) is 8.59. The van der Waals surface area contributed by atoms with Crippen LogP contribution in [0.3, 0.4) is 0 Å². The summed E-state index contributed by atoms with van der Waals surface area (Å²) in [6.45, 7) is 7.25. The monoisotopic (exact) mass is 480 g/mol. The first-order chi connectivity index (χ1) is 15.4. The van der Waals surface area contributed by atoms with Crippen LogP contribution in [0.5, 0.6) is 0 Å². The van der Waals surface area contributed by atoms with Crippen LogP contribution in [0.1, 0.15) is 12.5 Å². The smallest absolute Gasteiger partial charge is 0.329 e. The van der Waals surface area contributed by atoms with Crippen molar-refractivity contribution in [1.29, 1.82) is 0 Å². The van der Waals surface area contributed by atoms with Gasteiger partial charge in [0.15, 0.2) is 11.2 Å². The van der Waals surface area contributed by atoms with Crippen LogP contribution in [0.4, 0.5) is 5.95 Å². The van der Waals surface area contributed by atoms with E-state index in [0.717, 1.165) is 38.3 Å². The second kappa shape index (κ2) is 9.66. The summed E-state index contributed by atoms with van der Waals surface area (Å²) in [5.74, 6) is 0.676. The van der Waals surface area contributed by atoms with E-state index >= 15 is 0 Å². The summed E-state index contributed by atoms with van der Waals surface area (Å²) >= 11 is 12.3. The zero-order valence-corrected chi connectivity index (χ0v) is 19.6. The lowest BCUT2D eigenvalue weighted by Crippen LogP contribution is -2.47. The molecular formula is C21H26Cl2N6O3. The van der Waals surface area contributed by atoms with Gasteiger partial charge in [-0.15, -0.1) is 0 Å². The van der Waals surface area contributed by atoms with Crippen molar-refractivity contribution in [2.24, 2.45) is 7.05 Å². The molecule has 0 spiro atoms. The van der Waals surface area contributed by atoms with Crippen LogP contribution in [0, 0.1) is 0 Å². The zero-order chi connectivity index (χ0) is 22.8. The third-order valence-corrected chi connectivity index (χ3v) is 6.30. The standard InChI is InChI=1S/C21H26Cl2N6O3/c1-3-32-11-10-29-17-18(26(2)21(31)25-19(17)30)24-20(29)28-8-6-27(7-9-28)13-14-4-5-15(22)12-16(14)23/h4-5,12H,3,6-11,13H2,1-2H3,(H,25,30,31). The summed E-state index contributed by atoms with van der Waals surface area (Å²) in [7, 11) is 1.61. The molecular weight excluding hydrogens is 455 g/mol. The summed E-state index contributed by atoms with van der Waals surface area (Å²) in [5.41, 5.74) is 0.885. The Kier molecular flexibility index (Phi) is 6.90. The number of imidazole rings is 1. The summed E-state index contributed by atoms with van der Waals surface area (Å²) in [6, 6.07) is 5.57. The number of aryl methyl sites for hydroxylation is 1. The lowest BCUT2D eigenvalue weighted by atomic mass is 10.2. The number of aromatic nitrogens is 4. The quantitative estimate of drug-likeness (QED) is 0.520. The highest BCUT2D eigenvalue weighted by atomic mass is 35.5. The van der Waals surface area contributed by atoms with Crippen LogP contribution < -0.4 is 16.1 Å². The van der Waals surface area contributed by atoms with E-state index in [-0.39, 0.29) is 0 Å². The van der Waals surface area contributed by atoms with Crippen LogP contribution >= 0.6 is 23.2 Å². The molecule has 0 saturated carbocycles. The van der Waals surface area contributed by atoms with Crippen molar-refractivity contribution in [2.75, 3.05) is 44.3 Å². The average molecular weight is 481 g/mol. The summed E-state index contributed by atoms with van der Waals surface area (Å²) in [4.78, 5) is 36.2. The molecule has 1 fully saturated rings. The number of rotatable bonds is 7. The van der Waals surface area contributed by atoms with Crippen LogP contribution in [0.25, 0.3) is 11.2 Å². The fourth-order valence-electron chi connectivity index (χ4n) is 3.97. The number of hydrogen-bond acceptors (Lipinski definition) is 6. The van der Waals surface area contributed by atoms with E-state index in [1.165, 1.54) is 4.57 Å². The molecule has 1 N–H and O–H groups in total. The van der Waals surface area contributed by atoms with Gasteiger partial charge in [-0.3, -0.25) is 19.2 Å². The van der Waals surface area contributed by atoms with E-state index in [4.69, 9.17) is 32.9 Å². The minimum atomic E-state index is -0.479. The predicted molar refractivity (Wildman–Crippen MR) is 126 cm³/mol. The van der Waals surface area contributed by atoms with Crippen molar-refractivity contribution in [2.45, 2.75) is 20.0 Å². The lowest BCUT2D eigenvalue weighted by Gasteiger charge is -2.35. The summed E-state index contributed by atoms with van der Waals surface area (Å²) < 4.78 is 8.74. The van der Waals surface area contributed by atoms with Gasteiger partial charge in [0.1, 0.15) is 0 Å². The number of anilines is 1. The Morgan fingerprint density at radius 2 is 1.91 bits per heavy atom. The van der Waals surface area contributed by atoms with Crippen molar-refractivity contribution in [1.82, 2.24) is 24.0 Å². The molecule has 0 bridgehead atoms. The second-order valence-electron chi connectivity index (χ2n) is 7.75. The zero-order valence-electron chi connectivity index (χ0n) is 18.1. The molecule has 32 heavy (non-hydrogen) atoms. The third-order valence-electron chi connectivity index (χ3n) is 5.71. The van der Waals surface area contributed by atoms with Gasteiger partial charge in [0.25, 0.3) is 5.56 Å². The van der Waals surface area contributed by atoms with E-state index in [2.05, 4.69) is 14.8 Å². The highest BCUT2D eigenvalue weighted by Gasteiger charge is 2.25. The van der Waals surface area contributed by atoms with Crippen molar-refractivity contribution < 1.29 is 4.74 Å². The Morgan fingerprint density at radius 3 is 2.59 bits per heavy atom. The number of nitrogens with zero attached hydrogens (tertiary/aromatic N) is 5. The van der Waals surface area contributed by atoms with Crippen LogP contribution in [0.2, 0.25) is 10.0 Å². The molecule has 172 valence electrons. The van der Waals surface area contributed by atoms with Crippen LogP contribution in [-0.2, 0) is 24.9 Å². The summed E-state index contributed by atoms with van der Waals surface area (Å²) in [5, 5.41) is 1.29. The van der Waals surface area contributed by atoms with Gasteiger partial charge < -0.3 is 14.2 Å². The van der Waals surface area contributed by atoms with E-state index in [0.29, 0.717) is 46.9 Å². The average Bonchev–Trinajstić information content (AvgIpc) is 3.15. The first-order valence-electron chi connectivity index (χ1n) is 10.6. The number of benzene rings is 1. The van der Waals surface area contributed by atoms with Gasteiger partial charge in [-0.05, 0) is 24.6 Å². The molecule has 0 amide bonds. The Bertz CT molecular complexity index is 1230. The molecule has 1 saturated heterocycles. The molecule has 4 rings (SSSR count). The van der Waals surface area contributed by atoms with Gasteiger partial charge in [-0.25, -0.2) is 4.79 Å². The van der Waals surface area contributed by atoms with Crippen LogP contribution in [-0.4, -0.2) is 63.4 Å². The molecule has 9 nitrogen and oxygen atoms in total. The predicted octanol–water partition coefficient (Wildman–Crippen LogP) is 2.09. The fraction of sp³-hybridized carbons (Fsp3) is 0.476. The first-order valence-corrected chi connectivity index (χ1v) is 11.3. The maximum Gasteiger partial charge on any atom is 0.329 e. The molecule has 3 heterocycles. The molecule has 1 aliphatic heterocycles. The topological polar surface area (TPSA) is 88.4 Å². The van der Waals surface area contributed by atoms with E-state index < -0.39 is 11.2 Å². The van der Waals surface area contributed by atoms with Crippen molar-refractivity contribution in [3.05, 3.63) is 54.6 Å². The summed E-state index contributed by atoms with van der Waals surface area (Å²) in [6.07, 6.45) is 0. The minimum absolute atomic E-state index is 0.376. The van der Waals surface area contributed by atoms with Crippen molar-refractivity contribution in [3.63, 3.8) is 0 Å². The van der Waals surface area contributed by atoms with Gasteiger partial charge in [-0.1, -0.05) is 29.3 Å². The number of piperazine rings is 1. The molecule has 1 aliphatic rings. The highest BCUT2D eigenvalue weighted by Crippen LogP contribution is 2.24. The fourth-order valence-corrected chi connectivity index (χ4v) is 4.44. The number of nitrogens with one attached hydrogen (secondary N) is 1. The lowest BCUT2D eigenvalue weighted by molar-refractivity contribution is 0.140. The van der Waals surface area contributed by atoms with E-state index in [1.807, 2.05) is 23.6 Å². The Balaban J connectivity index is 1.57. The molecule has 3 aromatic rings. The Labute approximate surface area is 195 Å². The number of hydrogen-bond donors (Lipinski definition) is 1. The maximum absolute atomic E-state index is 12.6. The molecule has 2 aromatic heterocycles.